The SMILES string of the molecule is Cc1cc(NCC(=O)N2CCN(c3ccccc3)CC2)n2ncnc2n1. The molecule has 0 unspecified atom stereocenters. The van der Waals surface area contributed by atoms with Crippen molar-refractivity contribution >= 4 is 23.2 Å². The van der Waals surface area contributed by atoms with Gasteiger partial charge in [-0.2, -0.15) is 14.6 Å². The van der Waals surface area contributed by atoms with E-state index in [1.54, 1.807) is 4.52 Å². The second-order valence-electron chi connectivity index (χ2n) is 6.31. The van der Waals surface area contributed by atoms with Crippen molar-refractivity contribution in [1.82, 2.24) is 24.5 Å². The monoisotopic (exact) mass is 351 g/mol. The third-order valence-corrected chi connectivity index (χ3v) is 4.55. The lowest BCUT2D eigenvalue weighted by Crippen LogP contribution is -2.50. The summed E-state index contributed by atoms with van der Waals surface area (Å²) in [7, 11) is 0. The van der Waals surface area contributed by atoms with Gasteiger partial charge in [0.15, 0.2) is 0 Å². The maximum absolute atomic E-state index is 12.6. The minimum atomic E-state index is 0.0837. The third kappa shape index (κ3) is 3.30. The summed E-state index contributed by atoms with van der Waals surface area (Å²) in [5, 5.41) is 7.31. The molecule has 3 aromatic rings. The summed E-state index contributed by atoms with van der Waals surface area (Å²) in [4.78, 5) is 25.2. The van der Waals surface area contributed by atoms with Crippen molar-refractivity contribution in [3.63, 3.8) is 0 Å². The zero-order valence-corrected chi connectivity index (χ0v) is 14.7. The lowest BCUT2D eigenvalue weighted by Gasteiger charge is -2.36. The Morgan fingerprint density at radius 3 is 2.69 bits per heavy atom. The Hall–Kier alpha value is -3.16. The van der Waals surface area contributed by atoms with Crippen LogP contribution in [0.4, 0.5) is 11.5 Å². The van der Waals surface area contributed by atoms with Gasteiger partial charge in [0.2, 0.25) is 5.91 Å². The van der Waals surface area contributed by atoms with Crippen molar-refractivity contribution in [3.8, 4) is 0 Å². The number of nitrogens with one attached hydrogen (secondary N) is 1. The second-order valence-corrected chi connectivity index (χ2v) is 6.31. The number of carbonyl (C=O) groups is 1. The number of nitrogens with zero attached hydrogens (tertiary/aromatic N) is 6. The standard InChI is InChI=1S/C18H21N7O/c1-14-11-16(25-18(22-14)20-13-21-25)19-12-17(26)24-9-7-23(8-10-24)15-5-3-2-4-6-15/h2-6,11,13,19H,7-10,12H2,1H3. The van der Waals surface area contributed by atoms with E-state index in [-0.39, 0.29) is 12.5 Å². The summed E-state index contributed by atoms with van der Waals surface area (Å²) in [5.41, 5.74) is 2.04. The fourth-order valence-corrected chi connectivity index (χ4v) is 3.19. The van der Waals surface area contributed by atoms with Gasteiger partial charge in [-0.1, -0.05) is 18.2 Å². The van der Waals surface area contributed by atoms with E-state index in [4.69, 9.17) is 0 Å². The highest BCUT2D eigenvalue weighted by Gasteiger charge is 2.21. The van der Waals surface area contributed by atoms with E-state index in [0.717, 1.165) is 37.7 Å². The average molecular weight is 351 g/mol. The largest absolute Gasteiger partial charge is 0.368 e. The summed E-state index contributed by atoms with van der Waals surface area (Å²) in [5.74, 6) is 1.33. The topological polar surface area (TPSA) is 78.7 Å². The summed E-state index contributed by atoms with van der Waals surface area (Å²) in [6.07, 6.45) is 1.46. The first-order valence-corrected chi connectivity index (χ1v) is 8.70. The van der Waals surface area contributed by atoms with Crippen LogP contribution in [-0.4, -0.2) is 63.1 Å². The van der Waals surface area contributed by atoms with E-state index in [1.807, 2.05) is 36.1 Å². The molecule has 4 rings (SSSR count). The van der Waals surface area contributed by atoms with Gasteiger partial charge in [-0.15, -0.1) is 0 Å². The van der Waals surface area contributed by atoms with Gasteiger partial charge in [-0.3, -0.25) is 4.79 Å². The Balaban J connectivity index is 1.35. The molecule has 3 heterocycles. The number of aryl methyl sites for hydroxylation is 1. The van der Waals surface area contributed by atoms with Crippen LogP contribution >= 0.6 is 0 Å². The van der Waals surface area contributed by atoms with Crippen LogP contribution < -0.4 is 10.2 Å². The van der Waals surface area contributed by atoms with E-state index < -0.39 is 0 Å². The van der Waals surface area contributed by atoms with Crippen molar-refractivity contribution in [3.05, 3.63) is 48.4 Å². The highest BCUT2D eigenvalue weighted by molar-refractivity contribution is 5.81. The van der Waals surface area contributed by atoms with Crippen LogP contribution in [0.2, 0.25) is 0 Å². The van der Waals surface area contributed by atoms with Crippen LogP contribution in [-0.2, 0) is 4.79 Å². The molecule has 0 bridgehead atoms. The van der Waals surface area contributed by atoms with Crippen molar-refractivity contribution in [2.75, 3.05) is 42.9 Å². The fraction of sp³-hybridized carbons (Fsp3) is 0.333. The molecule has 1 saturated heterocycles. The Labute approximate surface area is 151 Å². The quantitative estimate of drug-likeness (QED) is 0.761. The number of anilines is 2. The summed E-state index contributed by atoms with van der Waals surface area (Å²) in [6, 6.07) is 12.2. The molecule has 1 aliphatic heterocycles. The summed E-state index contributed by atoms with van der Waals surface area (Å²) in [6.45, 7) is 5.26. The summed E-state index contributed by atoms with van der Waals surface area (Å²) >= 11 is 0. The smallest absolute Gasteiger partial charge is 0.254 e. The Kier molecular flexibility index (Phi) is 4.39. The first kappa shape index (κ1) is 16.3. The molecule has 26 heavy (non-hydrogen) atoms. The molecule has 8 nitrogen and oxygen atoms in total. The number of amides is 1. The molecule has 2 aromatic heterocycles. The van der Waals surface area contributed by atoms with Gasteiger partial charge in [-0.25, -0.2) is 4.98 Å². The van der Waals surface area contributed by atoms with Gasteiger partial charge in [0.25, 0.3) is 5.78 Å². The van der Waals surface area contributed by atoms with Crippen molar-refractivity contribution in [2.24, 2.45) is 0 Å². The number of carbonyl (C=O) groups excluding carboxylic acids is 1. The minimum Gasteiger partial charge on any atom is -0.368 e. The van der Waals surface area contributed by atoms with E-state index in [2.05, 4.69) is 37.4 Å². The predicted molar refractivity (Wildman–Crippen MR) is 99.2 cm³/mol. The number of benzene rings is 1. The first-order chi connectivity index (χ1) is 12.7. The molecular weight excluding hydrogens is 330 g/mol. The van der Waals surface area contributed by atoms with E-state index in [1.165, 1.54) is 12.0 Å². The number of hydrogen-bond donors (Lipinski definition) is 1. The van der Waals surface area contributed by atoms with Crippen LogP contribution in [0.1, 0.15) is 5.69 Å². The van der Waals surface area contributed by atoms with E-state index >= 15 is 0 Å². The molecule has 0 spiro atoms. The van der Waals surface area contributed by atoms with Crippen molar-refractivity contribution in [2.45, 2.75) is 6.92 Å². The lowest BCUT2D eigenvalue weighted by atomic mass is 10.2. The van der Waals surface area contributed by atoms with Gasteiger partial charge in [-0.05, 0) is 19.1 Å². The van der Waals surface area contributed by atoms with E-state index in [9.17, 15) is 4.79 Å². The molecule has 1 aliphatic rings. The van der Waals surface area contributed by atoms with Gasteiger partial charge in [0, 0.05) is 43.6 Å². The van der Waals surface area contributed by atoms with Gasteiger partial charge >= 0.3 is 0 Å². The molecule has 0 aliphatic carbocycles. The minimum absolute atomic E-state index is 0.0837. The molecule has 1 fully saturated rings. The second kappa shape index (κ2) is 6.99. The van der Waals surface area contributed by atoms with Crippen LogP contribution in [0.3, 0.4) is 0 Å². The highest BCUT2D eigenvalue weighted by atomic mass is 16.2. The maximum atomic E-state index is 12.6. The van der Waals surface area contributed by atoms with Crippen LogP contribution in [0.15, 0.2) is 42.7 Å². The molecular formula is C18H21N7O. The number of hydrogen-bond acceptors (Lipinski definition) is 6. The molecule has 0 saturated carbocycles. The Morgan fingerprint density at radius 2 is 1.92 bits per heavy atom. The molecule has 1 amide bonds. The molecule has 0 atom stereocenters. The normalized spacial score (nSPS) is 14.7. The molecule has 1 N–H and O–H groups in total. The summed E-state index contributed by atoms with van der Waals surface area (Å²) < 4.78 is 1.60. The van der Waals surface area contributed by atoms with Gasteiger partial charge in [0.05, 0.1) is 6.54 Å². The average Bonchev–Trinajstić information content (AvgIpc) is 3.15. The maximum Gasteiger partial charge on any atom is 0.254 e. The molecule has 8 heteroatoms. The van der Waals surface area contributed by atoms with Crippen LogP contribution in [0.25, 0.3) is 5.78 Å². The molecule has 134 valence electrons. The van der Waals surface area contributed by atoms with E-state index in [0.29, 0.717) is 5.78 Å². The number of piperazine rings is 1. The third-order valence-electron chi connectivity index (χ3n) is 4.55. The number of para-hydroxylation sites is 1. The number of rotatable bonds is 4. The Morgan fingerprint density at radius 1 is 1.15 bits per heavy atom. The van der Waals surface area contributed by atoms with Crippen molar-refractivity contribution < 1.29 is 4.79 Å². The molecule has 1 aromatic carbocycles. The highest BCUT2D eigenvalue weighted by Crippen LogP contribution is 2.16. The first-order valence-electron chi connectivity index (χ1n) is 8.70. The Bertz CT molecular complexity index is 900. The van der Waals surface area contributed by atoms with Gasteiger partial charge < -0.3 is 15.1 Å². The predicted octanol–water partition coefficient (Wildman–Crippen LogP) is 1.19. The fourth-order valence-electron chi connectivity index (χ4n) is 3.19. The zero-order chi connectivity index (χ0) is 17.9. The molecule has 0 radical (unpaired) electrons. The van der Waals surface area contributed by atoms with Gasteiger partial charge in [0.1, 0.15) is 12.1 Å². The van der Waals surface area contributed by atoms with Crippen LogP contribution in [0.5, 0.6) is 0 Å². The lowest BCUT2D eigenvalue weighted by molar-refractivity contribution is -0.129. The van der Waals surface area contributed by atoms with Crippen molar-refractivity contribution in [1.29, 1.82) is 0 Å². The number of aromatic nitrogens is 4. The van der Waals surface area contributed by atoms with Crippen LogP contribution in [0, 0.1) is 6.92 Å². The zero-order valence-electron chi connectivity index (χ0n) is 14.7. The number of fused-ring (bicyclic) bond motifs is 1.